The van der Waals surface area contributed by atoms with E-state index in [1.807, 2.05) is 36.4 Å². The molecule has 10 nitrogen and oxygen atoms in total. The van der Waals surface area contributed by atoms with E-state index in [1.165, 1.54) is 0 Å². The fraction of sp³-hybridized carbons (Fsp3) is 0.250. The second-order valence-electron chi connectivity index (χ2n) is 10.6. The smallest absolute Gasteiger partial charge is 0.231 e. The Morgan fingerprint density at radius 2 is 0.810 bits per heavy atom. The second-order valence-corrected chi connectivity index (χ2v) is 10.6. The van der Waals surface area contributed by atoms with Crippen molar-refractivity contribution in [3.63, 3.8) is 0 Å². The Kier molecular flexibility index (Phi) is 6.56. The van der Waals surface area contributed by atoms with Gasteiger partial charge in [-0.3, -0.25) is 9.80 Å². The number of piperazine rings is 1. The average molecular weight is 571 g/mol. The van der Waals surface area contributed by atoms with Gasteiger partial charge in [-0.1, -0.05) is 24.3 Å². The molecule has 7 rings (SSSR count). The molecule has 0 amide bonds. The summed E-state index contributed by atoms with van der Waals surface area (Å²) in [5, 5.41) is 42.0. The van der Waals surface area contributed by atoms with E-state index >= 15 is 0 Å². The summed E-state index contributed by atoms with van der Waals surface area (Å²) in [6.07, 6.45) is 0. The summed E-state index contributed by atoms with van der Waals surface area (Å²) in [5.74, 6) is 2.71. The predicted octanol–water partition coefficient (Wildman–Crippen LogP) is 4.46. The van der Waals surface area contributed by atoms with Gasteiger partial charge < -0.3 is 39.4 Å². The maximum atomic E-state index is 11.1. The number of phenols is 4. The topological polar surface area (TPSA) is 124 Å². The maximum Gasteiger partial charge on any atom is 0.231 e. The van der Waals surface area contributed by atoms with Crippen LogP contribution in [0.15, 0.2) is 72.8 Å². The summed E-state index contributed by atoms with van der Waals surface area (Å²) in [6, 6.07) is 20.2. The number of benzene rings is 4. The Morgan fingerprint density at radius 1 is 0.476 bits per heavy atom. The molecule has 0 radical (unpaired) electrons. The summed E-state index contributed by atoms with van der Waals surface area (Å²) in [6.45, 7) is 2.76. The van der Waals surface area contributed by atoms with E-state index < -0.39 is 0 Å². The monoisotopic (exact) mass is 570 g/mol. The molecule has 3 heterocycles. The Morgan fingerprint density at radius 3 is 1.17 bits per heavy atom. The standard InChI is InChI=1S/C32H30N2O8/c35-21-5-1-19(2-6-21)31(23-13-27-29(15-25(23)37)41-17-39-27)33-9-11-34(12-10-33)32(20-3-7-22(36)8-4-20)24-14-28-30(16-26(24)38)42-18-40-28/h1-8,13-16,31-32,35-38H,9-12,17-18H2. The van der Waals surface area contributed by atoms with Crippen LogP contribution in [0.2, 0.25) is 0 Å². The van der Waals surface area contributed by atoms with E-state index in [-0.39, 0.29) is 48.7 Å². The molecule has 0 aromatic heterocycles. The third-order valence-electron chi connectivity index (χ3n) is 8.13. The first-order chi connectivity index (χ1) is 20.4. The highest BCUT2D eigenvalue weighted by molar-refractivity contribution is 5.55. The van der Waals surface area contributed by atoms with Gasteiger partial charge in [-0.05, 0) is 47.5 Å². The highest BCUT2D eigenvalue weighted by atomic mass is 16.7. The van der Waals surface area contributed by atoms with Crippen molar-refractivity contribution in [2.24, 2.45) is 0 Å². The van der Waals surface area contributed by atoms with Crippen molar-refractivity contribution in [2.45, 2.75) is 12.1 Å². The van der Waals surface area contributed by atoms with Gasteiger partial charge in [0, 0.05) is 49.4 Å². The van der Waals surface area contributed by atoms with Crippen molar-refractivity contribution < 1.29 is 39.4 Å². The first-order valence-electron chi connectivity index (χ1n) is 13.8. The summed E-state index contributed by atoms with van der Waals surface area (Å²) >= 11 is 0. The van der Waals surface area contributed by atoms with E-state index in [4.69, 9.17) is 18.9 Å². The molecule has 0 saturated carbocycles. The van der Waals surface area contributed by atoms with E-state index in [0.29, 0.717) is 60.3 Å². The number of nitrogens with zero attached hydrogens (tertiary/aromatic N) is 2. The van der Waals surface area contributed by atoms with Gasteiger partial charge in [0.25, 0.3) is 0 Å². The number of rotatable bonds is 6. The number of hydrogen-bond donors (Lipinski definition) is 4. The number of phenolic OH excluding ortho intramolecular Hbond substituents is 4. The normalized spacial score (nSPS) is 17.7. The van der Waals surface area contributed by atoms with Crippen LogP contribution >= 0.6 is 0 Å². The van der Waals surface area contributed by atoms with Crippen LogP contribution in [0.3, 0.4) is 0 Å². The molecule has 2 atom stereocenters. The van der Waals surface area contributed by atoms with Crippen LogP contribution < -0.4 is 18.9 Å². The Labute approximate surface area is 242 Å². The van der Waals surface area contributed by atoms with Gasteiger partial charge in [0.05, 0.1) is 12.1 Å². The van der Waals surface area contributed by atoms with E-state index in [0.717, 1.165) is 11.1 Å². The van der Waals surface area contributed by atoms with Crippen molar-refractivity contribution >= 4 is 0 Å². The van der Waals surface area contributed by atoms with Crippen molar-refractivity contribution in [2.75, 3.05) is 39.8 Å². The molecular weight excluding hydrogens is 540 g/mol. The van der Waals surface area contributed by atoms with Crippen molar-refractivity contribution in [3.05, 3.63) is 95.1 Å². The van der Waals surface area contributed by atoms with Gasteiger partial charge in [-0.15, -0.1) is 0 Å². The highest BCUT2D eigenvalue weighted by Gasteiger charge is 2.34. The minimum atomic E-state index is -0.312. The zero-order chi connectivity index (χ0) is 28.8. The zero-order valence-corrected chi connectivity index (χ0v) is 22.6. The number of ether oxygens (including phenoxy) is 4. The lowest BCUT2D eigenvalue weighted by molar-refractivity contribution is 0.0882. The highest BCUT2D eigenvalue weighted by Crippen LogP contribution is 2.46. The molecule has 10 heteroatoms. The minimum absolute atomic E-state index is 0.103. The molecule has 216 valence electrons. The zero-order valence-electron chi connectivity index (χ0n) is 22.6. The van der Waals surface area contributed by atoms with Crippen LogP contribution in [0, 0.1) is 0 Å². The molecule has 2 unspecified atom stereocenters. The van der Waals surface area contributed by atoms with Crippen LogP contribution in [0.4, 0.5) is 0 Å². The molecule has 4 aromatic carbocycles. The molecule has 1 fully saturated rings. The van der Waals surface area contributed by atoms with Gasteiger partial charge in [0.1, 0.15) is 23.0 Å². The van der Waals surface area contributed by atoms with E-state index in [9.17, 15) is 20.4 Å². The van der Waals surface area contributed by atoms with Crippen molar-refractivity contribution in [1.29, 1.82) is 0 Å². The summed E-state index contributed by atoms with van der Waals surface area (Å²) < 4.78 is 22.2. The van der Waals surface area contributed by atoms with Crippen LogP contribution in [-0.2, 0) is 0 Å². The van der Waals surface area contributed by atoms with Gasteiger partial charge in [0.15, 0.2) is 23.0 Å². The molecule has 0 bridgehead atoms. The van der Waals surface area contributed by atoms with Crippen LogP contribution in [0.5, 0.6) is 46.0 Å². The molecule has 4 aromatic rings. The maximum absolute atomic E-state index is 11.1. The Bertz CT molecular complexity index is 1480. The molecular formula is C32H30N2O8. The SMILES string of the molecule is Oc1ccc(C(c2cc3c(cc2O)OCO3)N2CCN(C(c3ccc(O)cc3)c3cc4c(cc3O)OCO4)CC2)cc1. The van der Waals surface area contributed by atoms with Crippen molar-refractivity contribution in [3.8, 4) is 46.0 Å². The first-order valence-corrected chi connectivity index (χ1v) is 13.8. The van der Waals surface area contributed by atoms with Crippen LogP contribution in [-0.4, -0.2) is 70.0 Å². The van der Waals surface area contributed by atoms with Gasteiger partial charge >= 0.3 is 0 Å². The van der Waals surface area contributed by atoms with Crippen LogP contribution in [0.25, 0.3) is 0 Å². The average Bonchev–Trinajstić information content (AvgIpc) is 3.65. The fourth-order valence-electron chi connectivity index (χ4n) is 6.07. The Balaban J connectivity index is 1.22. The third-order valence-corrected chi connectivity index (χ3v) is 8.13. The molecule has 1 saturated heterocycles. The summed E-state index contributed by atoms with van der Waals surface area (Å²) in [7, 11) is 0. The van der Waals surface area contributed by atoms with E-state index in [1.54, 1.807) is 36.4 Å². The summed E-state index contributed by atoms with van der Waals surface area (Å²) in [5.41, 5.74) is 3.20. The molecule has 3 aliphatic rings. The Hall–Kier alpha value is -4.80. The minimum Gasteiger partial charge on any atom is -0.508 e. The molecule has 3 aliphatic heterocycles. The van der Waals surface area contributed by atoms with Crippen molar-refractivity contribution in [1.82, 2.24) is 9.80 Å². The van der Waals surface area contributed by atoms with E-state index in [2.05, 4.69) is 9.80 Å². The number of aromatic hydroxyl groups is 4. The molecule has 0 aliphatic carbocycles. The van der Waals surface area contributed by atoms with Crippen LogP contribution in [0.1, 0.15) is 34.3 Å². The second kappa shape index (κ2) is 10.6. The van der Waals surface area contributed by atoms with Gasteiger partial charge in [-0.25, -0.2) is 0 Å². The molecule has 42 heavy (non-hydrogen) atoms. The lowest BCUT2D eigenvalue weighted by atomic mass is 9.93. The fourth-order valence-corrected chi connectivity index (χ4v) is 6.07. The molecule has 4 N–H and O–H groups in total. The quantitative estimate of drug-likeness (QED) is 0.264. The summed E-state index contributed by atoms with van der Waals surface area (Å²) in [4.78, 5) is 4.57. The largest absolute Gasteiger partial charge is 0.508 e. The third kappa shape index (κ3) is 4.74. The molecule has 0 spiro atoms. The lowest BCUT2D eigenvalue weighted by Crippen LogP contribution is -2.49. The first kappa shape index (κ1) is 26.1. The van der Waals surface area contributed by atoms with Gasteiger partial charge in [0.2, 0.25) is 13.6 Å². The number of fused-ring (bicyclic) bond motifs is 2. The van der Waals surface area contributed by atoms with Gasteiger partial charge in [-0.2, -0.15) is 0 Å². The number of hydrogen-bond acceptors (Lipinski definition) is 10. The predicted molar refractivity (Wildman–Crippen MR) is 152 cm³/mol. The lowest BCUT2D eigenvalue weighted by Gasteiger charge is -2.43.